The average molecular weight is 383 g/mol. The second-order valence-corrected chi connectivity index (χ2v) is 7.10. The Morgan fingerprint density at radius 3 is 2.76 bits per heavy atom. The molecule has 1 aliphatic heterocycles. The number of aliphatic hydroxyl groups is 1. The molecule has 1 aromatic heterocycles. The molecular weight excluding hydrogens is 363 g/mol. The Kier molecular flexibility index (Phi) is 5.22. The highest BCUT2D eigenvalue weighted by molar-refractivity contribution is 6.42. The molecule has 8 heteroatoms. The van der Waals surface area contributed by atoms with Crippen LogP contribution in [0.4, 0.5) is 10.6 Å². The van der Waals surface area contributed by atoms with Gasteiger partial charge in [-0.15, -0.1) is 0 Å². The number of anilines is 1. The van der Waals surface area contributed by atoms with Crippen LogP contribution >= 0.6 is 23.2 Å². The molecule has 1 fully saturated rings. The number of nitrogens with one attached hydrogen (secondary N) is 1. The third-order valence-corrected chi connectivity index (χ3v) is 5.30. The number of nitrogens with zero attached hydrogens (tertiary/aromatic N) is 3. The minimum Gasteiger partial charge on any atom is -0.396 e. The molecule has 2 amide bonds. The van der Waals surface area contributed by atoms with Crippen molar-refractivity contribution in [1.29, 1.82) is 0 Å². The van der Waals surface area contributed by atoms with Gasteiger partial charge < -0.3 is 10.0 Å². The first-order valence-electron chi connectivity index (χ1n) is 8.09. The van der Waals surface area contributed by atoms with Crippen molar-refractivity contribution in [2.24, 2.45) is 5.92 Å². The monoisotopic (exact) mass is 382 g/mol. The number of halogens is 2. The molecule has 0 radical (unpaired) electrons. The lowest BCUT2D eigenvalue weighted by Crippen LogP contribution is -2.34. The van der Waals surface area contributed by atoms with Gasteiger partial charge >= 0.3 is 6.03 Å². The Labute approximate surface area is 156 Å². The van der Waals surface area contributed by atoms with E-state index in [-0.39, 0.29) is 18.6 Å². The van der Waals surface area contributed by atoms with E-state index in [1.165, 1.54) is 0 Å². The van der Waals surface area contributed by atoms with Gasteiger partial charge in [0.25, 0.3) is 0 Å². The van der Waals surface area contributed by atoms with Gasteiger partial charge in [-0.25, -0.2) is 9.48 Å². The lowest BCUT2D eigenvalue weighted by molar-refractivity contribution is 0.208. The summed E-state index contributed by atoms with van der Waals surface area (Å²) in [5.41, 5.74) is 2.42. The summed E-state index contributed by atoms with van der Waals surface area (Å²) in [6, 6.07) is 5.01. The van der Waals surface area contributed by atoms with Crippen LogP contribution in [0, 0.1) is 19.8 Å². The molecule has 25 heavy (non-hydrogen) atoms. The molecule has 2 heterocycles. The maximum absolute atomic E-state index is 12.6. The highest BCUT2D eigenvalue weighted by Gasteiger charge is 2.27. The van der Waals surface area contributed by atoms with Gasteiger partial charge in [-0.3, -0.25) is 5.32 Å². The van der Waals surface area contributed by atoms with Crippen molar-refractivity contribution in [3.8, 4) is 5.69 Å². The second-order valence-electron chi connectivity index (χ2n) is 6.28. The number of carbonyl (C=O) groups is 1. The summed E-state index contributed by atoms with van der Waals surface area (Å²) in [7, 11) is 0. The van der Waals surface area contributed by atoms with Crippen LogP contribution in [0.3, 0.4) is 0 Å². The van der Waals surface area contributed by atoms with E-state index >= 15 is 0 Å². The Morgan fingerprint density at radius 2 is 2.12 bits per heavy atom. The fourth-order valence-electron chi connectivity index (χ4n) is 2.90. The average Bonchev–Trinajstić information content (AvgIpc) is 3.18. The Bertz CT molecular complexity index is 806. The number of urea groups is 1. The summed E-state index contributed by atoms with van der Waals surface area (Å²) in [6.45, 7) is 5.09. The third kappa shape index (κ3) is 3.61. The molecule has 3 rings (SSSR count). The number of aromatic nitrogens is 2. The zero-order chi connectivity index (χ0) is 18.1. The van der Waals surface area contributed by atoms with Crippen molar-refractivity contribution in [2.75, 3.05) is 25.0 Å². The van der Waals surface area contributed by atoms with Crippen molar-refractivity contribution in [2.45, 2.75) is 20.3 Å². The van der Waals surface area contributed by atoms with Gasteiger partial charge in [0.05, 0.1) is 21.4 Å². The van der Waals surface area contributed by atoms with Gasteiger partial charge in [-0.1, -0.05) is 23.2 Å². The molecule has 1 aromatic carbocycles. The molecule has 134 valence electrons. The molecule has 2 aromatic rings. The van der Waals surface area contributed by atoms with Crippen LogP contribution in [0.1, 0.15) is 17.7 Å². The quantitative estimate of drug-likeness (QED) is 0.850. The van der Waals surface area contributed by atoms with E-state index in [1.807, 2.05) is 13.8 Å². The van der Waals surface area contributed by atoms with Crippen LogP contribution in [-0.2, 0) is 0 Å². The van der Waals surface area contributed by atoms with Gasteiger partial charge in [0.1, 0.15) is 5.82 Å². The molecule has 1 aliphatic rings. The maximum atomic E-state index is 12.6. The number of benzene rings is 1. The normalized spacial score (nSPS) is 17.2. The predicted octanol–water partition coefficient (Wildman–Crippen LogP) is 3.64. The summed E-state index contributed by atoms with van der Waals surface area (Å²) < 4.78 is 1.66. The number of carbonyl (C=O) groups excluding carboxylic acids is 1. The van der Waals surface area contributed by atoms with E-state index in [0.717, 1.165) is 23.4 Å². The summed E-state index contributed by atoms with van der Waals surface area (Å²) in [6.07, 6.45) is 0.813. The molecule has 0 aliphatic carbocycles. The number of hydrogen-bond acceptors (Lipinski definition) is 3. The summed E-state index contributed by atoms with van der Waals surface area (Å²) in [5.74, 6) is 0.752. The Morgan fingerprint density at radius 1 is 1.36 bits per heavy atom. The molecular formula is C17H20Cl2N4O2. The van der Waals surface area contributed by atoms with E-state index in [1.54, 1.807) is 27.8 Å². The SMILES string of the molecule is Cc1nn(-c2ccc(Cl)c(Cl)c2)c(NC(=O)N2CCC(CO)C2)c1C. The number of aliphatic hydroxyl groups excluding tert-OH is 1. The van der Waals surface area contributed by atoms with Crippen LogP contribution in [0.15, 0.2) is 18.2 Å². The van der Waals surface area contributed by atoms with Gasteiger partial charge in [-0.05, 0) is 38.5 Å². The maximum Gasteiger partial charge on any atom is 0.323 e. The minimum absolute atomic E-state index is 0.100. The number of likely N-dealkylation sites (tertiary alicyclic amines) is 1. The van der Waals surface area contributed by atoms with E-state index in [4.69, 9.17) is 23.2 Å². The Hall–Kier alpha value is -1.76. The first-order chi connectivity index (χ1) is 11.9. The fraction of sp³-hybridized carbons (Fsp3) is 0.412. The van der Waals surface area contributed by atoms with Crippen LogP contribution in [0.5, 0.6) is 0 Å². The number of hydrogen-bond donors (Lipinski definition) is 2. The van der Waals surface area contributed by atoms with Crippen LogP contribution in [-0.4, -0.2) is 45.5 Å². The first-order valence-corrected chi connectivity index (χ1v) is 8.84. The largest absolute Gasteiger partial charge is 0.396 e. The lowest BCUT2D eigenvalue weighted by atomic mass is 10.1. The Balaban J connectivity index is 1.88. The first kappa shape index (κ1) is 18.0. The van der Waals surface area contributed by atoms with Crippen LogP contribution in [0.2, 0.25) is 10.0 Å². The second kappa shape index (κ2) is 7.23. The van der Waals surface area contributed by atoms with E-state index < -0.39 is 0 Å². The van der Waals surface area contributed by atoms with Gasteiger partial charge in [-0.2, -0.15) is 5.10 Å². The summed E-state index contributed by atoms with van der Waals surface area (Å²) in [4.78, 5) is 14.3. The summed E-state index contributed by atoms with van der Waals surface area (Å²) >= 11 is 12.1. The zero-order valence-electron chi connectivity index (χ0n) is 14.1. The third-order valence-electron chi connectivity index (χ3n) is 4.56. The lowest BCUT2D eigenvalue weighted by Gasteiger charge is -2.18. The molecule has 0 spiro atoms. The molecule has 1 saturated heterocycles. The zero-order valence-corrected chi connectivity index (χ0v) is 15.6. The highest BCUT2D eigenvalue weighted by atomic mass is 35.5. The van der Waals surface area contributed by atoms with E-state index in [2.05, 4.69) is 10.4 Å². The van der Waals surface area contributed by atoms with Gasteiger partial charge in [0, 0.05) is 31.2 Å². The van der Waals surface area contributed by atoms with Crippen molar-refractivity contribution >= 4 is 35.1 Å². The van der Waals surface area contributed by atoms with Gasteiger partial charge in [0.2, 0.25) is 0 Å². The standard InChI is InChI=1S/C17H20Cl2N4O2/c1-10-11(2)21-23(13-3-4-14(18)15(19)7-13)16(10)20-17(25)22-6-5-12(8-22)9-24/h3-4,7,12,24H,5-6,8-9H2,1-2H3,(H,20,25). The fourth-order valence-corrected chi connectivity index (χ4v) is 3.19. The van der Waals surface area contributed by atoms with Crippen molar-refractivity contribution in [1.82, 2.24) is 14.7 Å². The van der Waals surface area contributed by atoms with Crippen LogP contribution in [0.25, 0.3) is 5.69 Å². The van der Waals surface area contributed by atoms with E-state index in [9.17, 15) is 9.90 Å². The molecule has 2 N–H and O–H groups in total. The number of amides is 2. The summed E-state index contributed by atoms with van der Waals surface area (Å²) in [5, 5.41) is 17.6. The molecule has 1 unspecified atom stereocenters. The highest BCUT2D eigenvalue weighted by Crippen LogP contribution is 2.28. The van der Waals surface area contributed by atoms with Crippen molar-refractivity contribution < 1.29 is 9.90 Å². The number of aryl methyl sites for hydroxylation is 1. The van der Waals surface area contributed by atoms with E-state index in [0.29, 0.717) is 29.0 Å². The minimum atomic E-state index is -0.194. The molecule has 0 saturated carbocycles. The molecule has 0 bridgehead atoms. The molecule has 6 nitrogen and oxygen atoms in total. The van der Waals surface area contributed by atoms with Crippen molar-refractivity contribution in [3.63, 3.8) is 0 Å². The predicted molar refractivity (Wildman–Crippen MR) is 98.8 cm³/mol. The smallest absolute Gasteiger partial charge is 0.323 e. The van der Waals surface area contributed by atoms with Gasteiger partial charge in [0.15, 0.2) is 0 Å². The van der Waals surface area contributed by atoms with Crippen LogP contribution < -0.4 is 5.32 Å². The van der Waals surface area contributed by atoms with Crippen molar-refractivity contribution in [3.05, 3.63) is 39.5 Å². The number of rotatable bonds is 3. The topological polar surface area (TPSA) is 70.4 Å². The molecule has 1 atom stereocenters.